The molecule has 1 N–H and O–H groups in total. The molecule has 0 bridgehead atoms. The molecule has 0 radical (unpaired) electrons. The molecule has 3 aromatic rings. The number of aliphatic carboxylic acids is 1. The molecule has 0 fully saturated rings. The molecular formula is C17H17FN2O2. The van der Waals surface area contributed by atoms with Crippen LogP contribution in [-0.2, 0) is 11.3 Å². The Morgan fingerprint density at radius 2 is 2.09 bits per heavy atom. The van der Waals surface area contributed by atoms with E-state index in [2.05, 4.69) is 9.55 Å². The molecule has 114 valence electrons. The minimum Gasteiger partial charge on any atom is -0.481 e. The first-order valence-corrected chi connectivity index (χ1v) is 6.95. The fourth-order valence-corrected chi connectivity index (χ4v) is 2.00. The lowest BCUT2D eigenvalue weighted by Crippen LogP contribution is -1.98. The van der Waals surface area contributed by atoms with Gasteiger partial charge in [0.2, 0.25) is 0 Å². The zero-order valence-electron chi connectivity index (χ0n) is 12.2. The number of benzene rings is 1. The van der Waals surface area contributed by atoms with Crippen LogP contribution in [0.3, 0.4) is 0 Å². The zero-order chi connectivity index (χ0) is 15.9. The lowest BCUT2D eigenvalue weighted by molar-refractivity contribution is -0.136. The Morgan fingerprint density at radius 1 is 1.32 bits per heavy atom. The van der Waals surface area contributed by atoms with E-state index >= 15 is 0 Å². The zero-order valence-corrected chi connectivity index (χ0v) is 12.2. The van der Waals surface area contributed by atoms with Crippen LogP contribution in [0, 0.1) is 5.82 Å². The molecule has 0 atom stereocenters. The van der Waals surface area contributed by atoms with Crippen molar-refractivity contribution in [1.29, 1.82) is 0 Å². The Labute approximate surface area is 127 Å². The Balaban J connectivity index is 0.000000309. The molecule has 0 spiro atoms. The van der Waals surface area contributed by atoms with Crippen molar-refractivity contribution in [2.45, 2.75) is 19.9 Å². The van der Waals surface area contributed by atoms with Crippen LogP contribution in [0.5, 0.6) is 0 Å². The highest BCUT2D eigenvalue weighted by Gasteiger charge is 2.02. The molecule has 0 saturated carbocycles. The van der Waals surface area contributed by atoms with Gasteiger partial charge in [-0.1, -0.05) is 19.1 Å². The second kappa shape index (κ2) is 7.36. The van der Waals surface area contributed by atoms with Crippen molar-refractivity contribution in [3.05, 3.63) is 66.4 Å². The van der Waals surface area contributed by atoms with Gasteiger partial charge in [-0.05, 0) is 29.8 Å². The maximum absolute atomic E-state index is 13.1. The summed E-state index contributed by atoms with van der Waals surface area (Å²) in [4.78, 5) is 13.5. The van der Waals surface area contributed by atoms with E-state index in [-0.39, 0.29) is 12.2 Å². The first kappa shape index (κ1) is 15.7. The van der Waals surface area contributed by atoms with Gasteiger partial charge in [-0.25, -0.2) is 4.39 Å². The Kier molecular flexibility index (Phi) is 5.25. The highest BCUT2D eigenvalue weighted by molar-refractivity contribution is 5.78. The lowest BCUT2D eigenvalue weighted by atomic mass is 10.2. The molecule has 2 aromatic heterocycles. The van der Waals surface area contributed by atoms with Crippen LogP contribution >= 0.6 is 0 Å². The third kappa shape index (κ3) is 4.15. The van der Waals surface area contributed by atoms with Gasteiger partial charge in [0, 0.05) is 30.7 Å². The quantitative estimate of drug-likeness (QED) is 0.802. The van der Waals surface area contributed by atoms with Crippen molar-refractivity contribution in [3.63, 3.8) is 0 Å². The summed E-state index contributed by atoms with van der Waals surface area (Å²) in [6, 6.07) is 10.7. The van der Waals surface area contributed by atoms with Gasteiger partial charge in [0.15, 0.2) is 0 Å². The van der Waals surface area contributed by atoms with Crippen LogP contribution in [0.1, 0.15) is 18.9 Å². The van der Waals surface area contributed by atoms with Crippen molar-refractivity contribution in [3.8, 4) is 0 Å². The average Bonchev–Trinajstić information content (AvgIpc) is 2.91. The number of aromatic nitrogens is 2. The molecular weight excluding hydrogens is 283 g/mol. The Bertz CT molecular complexity index is 768. The second-order valence-electron chi connectivity index (χ2n) is 4.76. The Hall–Kier alpha value is -2.69. The molecule has 3 rings (SSSR count). The van der Waals surface area contributed by atoms with Gasteiger partial charge in [0.1, 0.15) is 5.82 Å². The third-order valence-corrected chi connectivity index (χ3v) is 3.12. The molecule has 0 aliphatic carbocycles. The number of hydrogen-bond donors (Lipinski definition) is 1. The van der Waals surface area contributed by atoms with Crippen molar-refractivity contribution < 1.29 is 14.3 Å². The van der Waals surface area contributed by atoms with Crippen LogP contribution < -0.4 is 0 Å². The molecule has 4 nitrogen and oxygen atoms in total. The summed E-state index contributed by atoms with van der Waals surface area (Å²) in [6.45, 7) is 2.26. The van der Waals surface area contributed by atoms with Crippen molar-refractivity contribution in [1.82, 2.24) is 9.55 Å². The minimum absolute atomic E-state index is 0.197. The van der Waals surface area contributed by atoms with Crippen LogP contribution in [0.4, 0.5) is 4.39 Å². The van der Waals surface area contributed by atoms with Crippen molar-refractivity contribution in [2.24, 2.45) is 0 Å². The van der Waals surface area contributed by atoms with Gasteiger partial charge in [-0.3, -0.25) is 9.78 Å². The van der Waals surface area contributed by atoms with Gasteiger partial charge < -0.3 is 9.67 Å². The van der Waals surface area contributed by atoms with Crippen molar-refractivity contribution >= 4 is 16.9 Å². The Morgan fingerprint density at radius 3 is 2.77 bits per heavy atom. The van der Waals surface area contributed by atoms with E-state index < -0.39 is 5.97 Å². The first-order chi connectivity index (χ1) is 10.6. The normalized spacial score (nSPS) is 10.1. The van der Waals surface area contributed by atoms with Crippen LogP contribution in [0.15, 0.2) is 55.0 Å². The maximum Gasteiger partial charge on any atom is 0.303 e. The molecule has 0 aliphatic heterocycles. The number of carbonyl (C=O) groups is 1. The average molecular weight is 300 g/mol. The highest BCUT2D eigenvalue weighted by Crippen LogP contribution is 2.15. The highest BCUT2D eigenvalue weighted by atomic mass is 19.1. The number of carboxylic acid groups (broad SMARTS) is 1. The molecule has 0 saturated heterocycles. The standard InChI is InChI=1S/C14H11FN2.C3H6O2/c15-13-3-1-2-11(8-13)10-17-7-5-12-4-6-16-9-14(12)17;1-2-3(4)5/h1-9H,10H2;2H2,1H3,(H,4,5). The van der Waals surface area contributed by atoms with E-state index in [0.29, 0.717) is 6.54 Å². The van der Waals surface area contributed by atoms with Gasteiger partial charge in [0.05, 0.1) is 11.7 Å². The van der Waals surface area contributed by atoms with Crippen LogP contribution in [-0.4, -0.2) is 20.6 Å². The van der Waals surface area contributed by atoms with Gasteiger partial charge in [-0.15, -0.1) is 0 Å². The van der Waals surface area contributed by atoms with E-state index in [0.717, 1.165) is 16.5 Å². The molecule has 5 heteroatoms. The number of fused-ring (bicyclic) bond motifs is 1. The van der Waals surface area contributed by atoms with E-state index in [1.54, 1.807) is 25.3 Å². The summed E-state index contributed by atoms with van der Waals surface area (Å²) >= 11 is 0. The van der Waals surface area contributed by atoms with Crippen LogP contribution in [0.25, 0.3) is 10.9 Å². The van der Waals surface area contributed by atoms with Gasteiger partial charge in [0.25, 0.3) is 0 Å². The molecule has 1 aromatic carbocycles. The van der Waals surface area contributed by atoms with Crippen LogP contribution in [0.2, 0.25) is 0 Å². The van der Waals surface area contributed by atoms with E-state index in [4.69, 9.17) is 5.11 Å². The molecule has 0 unspecified atom stereocenters. The largest absolute Gasteiger partial charge is 0.481 e. The third-order valence-electron chi connectivity index (χ3n) is 3.12. The fourth-order valence-electron chi connectivity index (χ4n) is 2.00. The topological polar surface area (TPSA) is 55.1 Å². The molecule has 22 heavy (non-hydrogen) atoms. The number of nitrogens with zero attached hydrogens (tertiary/aromatic N) is 2. The van der Waals surface area contributed by atoms with E-state index in [1.807, 2.05) is 30.6 Å². The summed E-state index contributed by atoms with van der Waals surface area (Å²) in [5.74, 6) is -0.943. The summed E-state index contributed by atoms with van der Waals surface area (Å²) in [5.41, 5.74) is 2.02. The predicted octanol–water partition coefficient (Wildman–Crippen LogP) is 3.70. The summed E-state index contributed by atoms with van der Waals surface area (Å²) < 4.78 is 15.2. The predicted molar refractivity (Wildman–Crippen MR) is 83.2 cm³/mol. The summed E-state index contributed by atoms with van der Waals surface area (Å²) in [7, 11) is 0. The summed E-state index contributed by atoms with van der Waals surface area (Å²) in [5, 5.41) is 8.87. The summed E-state index contributed by atoms with van der Waals surface area (Å²) in [6.07, 6.45) is 5.82. The van der Waals surface area contributed by atoms with Gasteiger partial charge >= 0.3 is 5.97 Å². The van der Waals surface area contributed by atoms with Crippen molar-refractivity contribution in [2.75, 3.05) is 0 Å². The number of halogens is 1. The molecule has 0 amide bonds. The first-order valence-electron chi connectivity index (χ1n) is 6.95. The van der Waals surface area contributed by atoms with E-state index in [9.17, 15) is 9.18 Å². The lowest BCUT2D eigenvalue weighted by Gasteiger charge is -2.05. The SMILES string of the molecule is CCC(=O)O.Fc1cccc(Cn2ccc3ccncc32)c1. The van der Waals surface area contributed by atoms with E-state index in [1.165, 1.54) is 6.07 Å². The number of pyridine rings is 1. The number of carboxylic acids is 1. The fraction of sp³-hybridized carbons (Fsp3) is 0.176. The maximum atomic E-state index is 13.1. The monoisotopic (exact) mass is 300 g/mol. The smallest absolute Gasteiger partial charge is 0.303 e. The molecule has 0 aliphatic rings. The molecule has 2 heterocycles. The second-order valence-corrected chi connectivity index (χ2v) is 4.76. The minimum atomic E-state index is -0.745. The number of hydrogen-bond acceptors (Lipinski definition) is 2. The number of rotatable bonds is 3. The van der Waals surface area contributed by atoms with Gasteiger partial charge in [-0.2, -0.15) is 0 Å².